The first-order chi connectivity index (χ1) is 14.2. The molecule has 0 aromatic heterocycles. The fourth-order valence-electron chi connectivity index (χ4n) is 9.23. The maximum absolute atomic E-state index is 10.9. The second kappa shape index (κ2) is 8.69. The SMILES string of the molecule is CC[C@]1(O)CCC2[C@@H](CC[C@@H]3[C@@H]2CC[C@]2(C)[C@@H]([C@H](C)CCC(O)C(C)C)CC[C@@H]32)C1. The molecular formula is C28H50O2. The highest BCUT2D eigenvalue weighted by atomic mass is 16.3. The zero-order chi connectivity index (χ0) is 21.7. The van der Waals surface area contributed by atoms with Gasteiger partial charge in [-0.05, 0) is 130 Å². The number of hydrogen-bond acceptors (Lipinski definition) is 2. The van der Waals surface area contributed by atoms with Gasteiger partial charge in [-0.25, -0.2) is 0 Å². The van der Waals surface area contributed by atoms with E-state index in [0.29, 0.717) is 11.3 Å². The van der Waals surface area contributed by atoms with Gasteiger partial charge in [-0.15, -0.1) is 0 Å². The third kappa shape index (κ3) is 4.02. The summed E-state index contributed by atoms with van der Waals surface area (Å²) in [5.74, 6) is 6.52. The summed E-state index contributed by atoms with van der Waals surface area (Å²) >= 11 is 0. The summed E-state index contributed by atoms with van der Waals surface area (Å²) in [5.41, 5.74) is 0.181. The molecule has 0 saturated heterocycles. The van der Waals surface area contributed by atoms with Crippen molar-refractivity contribution in [2.45, 2.75) is 123 Å². The third-order valence-electron chi connectivity index (χ3n) is 11.2. The molecule has 0 spiro atoms. The Morgan fingerprint density at radius 1 is 0.867 bits per heavy atom. The summed E-state index contributed by atoms with van der Waals surface area (Å²) in [6.07, 6.45) is 15.0. The zero-order valence-electron chi connectivity index (χ0n) is 20.6. The Kier molecular flexibility index (Phi) is 6.69. The highest BCUT2D eigenvalue weighted by Crippen LogP contribution is 2.66. The lowest BCUT2D eigenvalue weighted by molar-refractivity contribution is -0.109. The molecule has 2 heteroatoms. The molecule has 4 saturated carbocycles. The lowest BCUT2D eigenvalue weighted by Crippen LogP contribution is -2.51. The van der Waals surface area contributed by atoms with Crippen molar-refractivity contribution in [2.75, 3.05) is 0 Å². The van der Waals surface area contributed by atoms with E-state index in [2.05, 4.69) is 34.6 Å². The number of aliphatic hydroxyl groups is 2. The molecule has 4 rings (SSSR count). The second-order valence-electron chi connectivity index (χ2n) is 12.9. The van der Waals surface area contributed by atoms with E-state index in [-0.39, 0.29) is 11.7 Å². The quantitative estimate of drug-likeness (QED) is 0.496. The van der Waals surface area contributed by atoms with Gasteiger partial charge >= 0.3 is 0 Å². The molecule has 4 aliphatic carbocycles. The minimum absolute atomic E-state index is 0.128. The average Bonchev–Trinajstić information content (AvgIpc) is 3.08. The molecule has 0 radical (unpaired) electrons. The van der Waals surface area contributed by atoms with Crippen molar-refractivity contribution >= 4 is 0 Å². The predicted molar refractivity (Wildman–Crippen MR) is 125 cm³/mol. The molecule has 2 N–H and O–H groups in total. The van der Waals surface area contributed by atoms with Gasteiger partial charge in [0.1, 0.15) is 0 Å². The van der Waals surface area contributed by atoms with Crippen LogP contribution in [0.3, 0.4) is 0 Å². The molecule has 0 aromatic carbocycles. The Morgan fingerprint density at radius 2 is 1.60 bits per heavy atom. The first-order valence-corrected chi connectivity index (χ1v) is 13.6. The molecule has 4 fully saturated rings. The van der Waals surface area contributed by atoms with Crippen molar-refractivity contribution in [3.8, 4) is 0 Å². The van der Waals surface area contributed by atoms with Gasteiger partial charge in [0.2, 0.25) is 0 Å². The molecule has 0 amide bonds. The summed E-state index contributed by atoms with van der Waals surface area (Å²) in [6.45, 7) is 11.6. The van der Waals surface area contributed by atoms with Gasteiger partial charge in [0.15, 0.2) is 0 Å². The topological polar surface area (TPSA) is 40.5 Å². The van der Waals surface area contributed by atoms with Crippen LogP contribution in [0.15, 0.2) is 0 Å². The van der Waals surface area contributed by atoms with Crippen LogP contribution in [-0.4, -0.2) is 21.9 Å². The van der Waals surface area contributed by atoms with Gasteiger partial charge in [-0.1, -0.05) is 34.6 Å². The van der Waals surface area contributed by atoms with Crippen molar-refractivity contribution in [1.82, 2.24) is 0 Å². The van der Waals surface area contributed by atoms with Gasteiger partial charge in [-0.2, -0.15) is 0 Å². The third-order valence-corrected chi connectivity index (χ3v) is 11.2. The molecular weight excluding hydrogens is 368 g/mol. The standard InChI is InChI=1S/C28H50O2/c1-6-28(30)16-14-21-20(17-28)8-9-23-22(21)13-15-27(5)24(10-11-25(23)27)19(4)7-12-26(29)18(2)3/h18-26,29-30H,6-17H2,1-5H3/t19-,20+,21?,22-,23-,24-,25+,26?,27-,28+/m1/s1. The first kappa shape index (κ1) is 23.1. The largest absolute Gasteiger partial charge is 0.393 e. The highest BCUT2D eigenvalue weighted by Gasteiger charge is 2.58. The van der Waals surface area contributed by atoms with Crippen molar-refractivity contribution in [2.24, 2.45) is 52.8 Å². The summed E-state index contributed by atoms with van der Waals surface area (Å²) in [7, 11) is 0. The normalized spacial score (nSPS) is 48.0. The van der Waals surface area contributed by atoms with Gasteiger partial charge in [0.05, 0.1) is 11.7 Å². The predicted octanol–water partition coefficient (Wildman–Crippen LogP) is 6.83. The smallest absolute Gasteiger partial charge is 0.0648 e. The van der Waals surface area contributed by atoms with Crippen molar-refractivity contribution in [3.05, 3.63) is 0 Å². The van der Waals surface area contributed by atoms with E-state index in [1.807, 2.05) is 0 Å². The van der Waals surface area contributed by atoms with Crippen molar-refractivity contribution in [3.63, 3.8) is 0 Å². The minimum Gasteiger partial charge on any atom is -0.393 e. The minimum atomic E-state index is -0.356. The highest BCUT2D eigenvalue weighted by molar-refractivity contribution is 5.07. The molecule has 0 heterocycles. The molecule has 0 aliphatic heterocycles. The lowest BCUT2D eigenvalue weighted by Gasteiger charge is -2.57. The molecule has 0 bridgehead atoms. The van der Waals surface area contributed by atoms with Crippen LogP contribution in [-0.2, 0) is 0 Å². The average molecular weight is 419 g/mol. The number of fused-ring (bicyclic) bond motifs is 5. The van der Waals surface area contributed by atoms with E-state index in [1.54, 1.807) is 0 Å². The number of hydrogen-bond donors (Lipinski definition) is 2. The Hall–Kier alpha value is -0.0800. The van der Waals surface area contributed by atoms with Gasteiger partial charge in [-0.3, -0.25) is 0 Å². The summed E-state index contributed by atoms with van der Waals surface area (Å²) in [4.78, 5) is 0. The second-order valence-corrected chi connectivity index (χ2v) is 12.9. The van der Waals surface area contributed by atoms with E-state index in [9.17, 15) is 10.2 Å². The maximum Gasteiger partial charge on any atom is 0.0648 e. The zero-order valence-corrected chi connectivity index (χ0v) is 20.6. The van der Waals surface area contributed by atoms with E-state index in [4.69, 9.17) is 0 Å². The Morgan fingerprint density at radius 3 is 2.30 bits per heavy atom. The number of rotatable bonds is 6. The first-order valence-electron chi connectivity index (χ1n) is 13.6. The molecule has 2 nitrogen and oxygen atoms in total. The molecule has 4 aliphatic rings. The van der Waals surface area contributed by atoms with Crippen LogP contribution < -0.4 is 0 Å². The molecule has 10 atom stereocenters. The fraction of sp³-hybridized carbons (Fsp3) is 1.00. The van der Waals surface area contributed by atoms with E-state index >= 15 is 0 Å². The summed E-state index contributed by atoms with van der Waals surface area (Å²) < 4.78 is 0. The fourth-order valence-corrected chi connectivity index (χ4v) is 9.23. The number of aliphatic hydroxyl groups excluding tert-OH is 1. The van der Waals surface area contributed by atoms with Crippen LogP contribution in [0.25, 0.3) is 0 Å². The van der Waals surface area contributed by atoms with Crippen LogP contribution in [0.2, 0.25) is 0 Å². The summed E-state index contributed by atoms with van der Waals surface area (Å²) in [5, 5.41) is 21.2. The Balaban J connectivity index is 1.42. The molecule has 30 heavy (non-hydrogen) atoms. The van der Waals surface area contributed by atoms with Crippen molar-refractivity contribution in [1.29, 1.82) is 0 Å². The maximum atomic E-state index is 10.9. The van der Waals surface area contributed by atoms with Crippen LogP contribution >= 0.6 is 0 Å². The molecule has 174 valence electrons. The van der Waals surface area contributed by atoms with Crippen LogP contribution in [0.4, 0.5) is 0 Å². The van der Waals surface area contributed by atoms with E-state index in [1.165, 1.54) is 51.4 Å². The van der Waals surface area contributed by atoms with E-state index in [0.717, 1.165) is 67.1 Å². The Labute approximate surface area is 186 Å². The van der Waals surface area contributed by atoms with Gasteiger partial charge < -0.3 is 10.2 Å². The van der Waals surface area contributed by atoms with E-state index < -0.39 is 0 Å². The van der Waals surface area contributed by atoms with Crippen LogP contribution in [0.1, 0.15) is 112 Å². The van der Waals surface area contributed by atoms with Crippen LogP contribution in [0.5, 0.6) is 0 Å². The monoisotopic (exact) mass is 418 g/mol. The van der Waals surface area contributed by atoms with Crippen molar-refractivity contribution < 1.29 is 10.2 Å². The van der Waals surface area contributed by atoms with Gasteiger partial charge in [0.25, 0.3) is 0 Å². The van der Waals surface area contributed by atoms with Gasteiger partial charge in [0, 0.05) is 0 Å². The summed E-state index contributed by atoms with van der Waals surface area (Å²) in [6, 6.07) is 0. The molecule has 2 unspecified atom stereocenters. The Bertz CT molecular complexity index is 587. The molecule has 0 aromatic rings. The lowest BCUT2D eigenvalue weighted by atomic mass is 9.48. The van der Waals surface area contributed by atoms with Crippen LogP contribution in [0, 0.1) is 52.8 Å².